The molecule has 2 rings (SSSR count). The zero-order valence-electron chi connectivity index (χ0n) is 19.8. The van der Waals surface area contributed by atoms with Gasteiger partial charge in [0.05, 0.1) is 0 Å². The van der Waals surface area contributed by atoms with Gasteiger partial charge >= 0.3 is 193 Å². The summed E-state index contributed by atoms with van der Waals surface area (Å²) >= 11 is -0.833. The standard InChI is InChI=1S/C12H16N3O2.C12H25.Sn/c1-5-17-10-7-11(16)15-9(13-10)6-8(14-15)12(2,3)4;1-3-5-7-9-11-12-10-8-6-4-2;/h7,14H,5H2,1-4H3;1,3-12H2,2H3;. The molecule has 0 atom stereocenters. The maximum atomic E-state index is 12.6. The van der Waals surface area contributed by atoms with Crippen molar-refractivity contribution < 1.29 is 4.74 Å². The van der Waals surface area contributed by atoms with Crippen LogP contribution in [0.15, 0.2) is 10.9 Å². The molecule has 0 spiro atoms. The van der Waals surface area contributed by atoms with Crippen LogP contribution in [0, 0.1) is 0 Å². The summed E-state index contributed by atoms with van der Waals surface area (Å²) in [6.07, 6.45) is 13.7. The first-order valence-corrected chi connectivity index (χ1v) is 15.4. The fourth-order valence-corrected chi connectivity index (χ4v) is 8.37. The molecule has 0 unspecified atom stereocenters. The average molecular weight is 522 g/mol. The Morgan fingerprint density at radius 3 is 2.17 bits per heavy atom. The van der Waals surface area contributed by atoms with E-state index in [0.717, 1.165) is 5.65 Å². The summed E-state index contributed by atoms with van der Waals surface area (Å²) in [6, 6.07) is 1.48. The third-order valence-electron chi connectivity index (χ3n) is 5.47. The topological polar surface area (TPSA) is 59.4 Å². The van der Waals surface area contributed by atoms with Gasteiger partial charge in [0.1, 0.15) is 0 Å². The summed E-state index contributed by atoms with van der Waals surface area (Å²) in [5, 5.41) is 3.36. The van der Waals surface area contributed by atoms with Gasteiger partial charge in [-0.1, -0.05) is 0 Å². The van der Waals surface area contributed by atoms with Gasteiger partial charge in [-0.05, 0) is 0 Å². The fourth-order valence-electron chi connectivity index (χ4n) is 3.77. The molecule has 2 radical (unpaired) electrons. The third kappa shape index (κ3) is 7.61. The van der Waals surface area contributed by atoms with Gasteiger partial charge in [-0.2, -0.15) is 0 Å². The number of nitrogens with zero attached hydrogens (tertiary/aromatic N) is 2. The quantitative estimate of drug-likeness (QED) is 0.268. The minimum absolute atomic E-state index is 0.0279. The van der Waals surface area contributed by atoms with E-state index in [1.165, 1.54) is 84.0 Å². The van der Waals surface area contributed by atoms with Crippen molar-refractivity contribution in [3.05, 3.63) is 22.1 Å². The first-order valence-electron chi connectivity index (χ1n) is 11.9. The zero-order chi connectivity index (χ0) is 22.0. The van der Waals surface area contributed by atoms with Gasteiger partial charge in [-0.25, -0.2) is 0 Å². The van der Waals surface area contributed by atoms with E-state index in [2.05, 4.69) is 37.8 Å². The Kier molecular flexibility index (Phi) is 10.8. The predicted octanol–water partition coefficient (Wildman–Crippen LogP) is 5.39. The molecular formula is C24H41N3O2Sn. The molecule has 2 aromatic rings. The average Bonchev–Trinajstić information content (AvgIpc) is 3.06. The van der Waals surface area contributed by atoms with E-state index in [1.54, 1.807) is 4.52 Å². The summed E-state index contributed by atoms with van der Waals surface area (Å²) in [6.45, 7) is 11.3. The van der Waals surface area contributed by atoms with Crippen molar-refractivity contribution in [2.24, 2.45) is 0 Å². The molecular weight excluding hydrogens is 481 g/mol. The van der Waals surface area contributed by atoms with Crippen molar-refractivity contribution in [3.63, 3.8) is 0 Å². The second kappa shape index (κ2) is 12.8. The van der Waals surface area contributed by atoms with Crippen LogP contribution in [-0.4, -0.2) is 42.3 Å². The molecule has 0 aliphatic heterocycles. The number of fused-ring (bicyclic) bond motifs is 1. The number of nitrogens with one attached hydrogen (secondary N) is 1. The van der Waals surface area contributed by atoms with Crippen LogP contribution in [0.2, 0.25) is 4.44 Å². The SMILES string of the molecule is CCCCCCCCCCC[CH2][Sn][c]1c(C(C)(C)C)[nH]n2c(=O)cc(OCC)nc12. The number of unbranched alkanes of at least 4 members (excludes halogenated alkanes) is 9. The number of aromatic amines is 1. The number of H-pyrrole nitrogens is 1. The van der Waals surface area contributed by atoms with Crippen LogP contribution in [0.25, 0.3) is 5.65 Å². The Morgan fingerprint density at radius 2 is 1.60 bits per heavy atom. The van der Waals surface area contributed by atoms with Gasteiger partial charge in [-0.15, -0.1) is 0 Å². The molecule has 0 saturated carbocycles. The molecule has 30 heavy (non-hydrogen) atoms. The van der Waals surface area contributed by atoms with Gasteiger partial charge in [-0.3, -0.25) is 0 Å². The van der Waals surface area contributed by atoms with Gasteiger partial charge in [0.15, 0.2) is 0 Å². The molecule has 2 aromatic heterocycles. The predicted molar refractivity (Wildman–Crippen MR) is 128 cm³/mol. The van der Waals surface area contributed by atoms with E-state index in [9.17, 15) is 4.79 Å². The molecule has 6 heteroatoms. The Labute approximate surface area is 192 Å². The molecule has 0 amide bonds. The van der Waals surface area contributed by atoms with Crippen LogP contribution in [0.3, 0.4) is 0 Å². The number of hydrogen-bond acceptors (Lipinski definition) is 3. The molecule has 0 fully saturated rings. The normalized spacial score (nSPS) is 12.0. The Morgan fingerprint density at radius 1 is 1.00 bits per heavy atom. The van der Waals surface area contributed by atoms with Crippen molar-refractivity contribution in [1.29, 1.82) is 0 Å². The zero-order valence-corrected chi connectivity index (χ0v) is 22.6. The second-order valence-electron chi connectivity index (χ2n) is 9.25. The van der Waals surface area contributed by atoms with E-state index < -0.39 is 21.1 Å². The maximum absolute atomic E-state index is 12.6. The molecule has 0 saturated heterocycles. The van der Waals surface area contributed by atoms with Crippen molar-refractivity contribution in [3.8, 4) is 5.88 Å². The molecule has 0 aliphatic carbocycles. The summed E-state index contributed by atoms with van der Waals surface area (Å²) in [5.74, 6) is 0.446. The van der Waals surface area contributed by atoms with Crippen LogP contribution < -0.4 is 13.9 Å². The van der Waals surface area contributed by atoms with Crippen LogP contribution in [-0.2, 0) is 5.41 Å². The molecule has 0 aromatic carbocycles. The Bertz CT molecular complexity index is 820. The first kappa shape index (κ1) is 25.3. The van der Waals surface area contributed by atoms with Crippen molar-refractivity contribution in [1.82, 2.24) is 14.6 Å². The summed E-state index contributed by atoms with van der Waals surface area (Å²) < 4.78 is 9.79. The Hall–Kier alpha value is -0.981. The van der Waals surface area contributed by atoms with E-state index in [-0.39, 0.29) is 11.0 Å². The van der Waals surface area contributed by atoms with Crippen LogP contribution in [0.1, 0.15) is 105 Å². The van der Waals surface area contributed by atoms with Crippen molar-refractivity contribution >= 4 is 30.4 Å². The molecule has 0 aliphatic rings. The molecule has 2 heterocycles. The Balaban J connectivity index is 1.92. The van der Waals surface area contributed by atoms with Gasteiger partial charge in [0, 0.05) is 0 Å². The number of rotatable bonds is 14. The molecule has 5 nitrogen and oxygen atoms in total. The van der Waals surface area contributed by atoms with Crippen LogP contribution >= 0.6 is 0 Å². The van der Waals surface area contributed by atoms with E-state index in [4.69, 9.17) is 4.74 Å². The summed E-state index contributed by atoms with van der Waals surface area (Å²) in [7, 11) is 0. The van der Waals surface area contributed by atoms with Gasteiger partial charge < -0.3 is 0 Å². The molecule has 1 N–H and O–H groups in total. The molecule has 168 valence electrons. The molecule has 0 bridgehead atoms. The van der Waals surface area contributed by atoms with E-state index in [0.29, 0.717) is 12.5 Å². The third-order valence-corrected chi connectivity index (χ3v) is 9.55. The van der Waals surface area contributed by atoms with Crippen molar-refractivity contribution in [2.45, 2.75) is 109 Å². The number of ether oxygens (including phenoxy) is 1. The first-order chi connectivity index (χ1) is 14.4. The number of aromatic nitrogens is 3. The number of hydrogen-bond donors (Lipinski definition) is 1. The minimum atomic E-state index is -0.833. The van der Waals surface area contributed by atoms with E-state index in [1.807, 2.05) is 6.92 Å². The van der Waals surface area contributed by atoms with Crippen LogP contribution in [0.5, 0.6) is 5.88 Å². The van der Waals surface area contributed by atoms with Gasteiger partial charge in [0.25, 0.3) is 0 Å². The van der Waals surface area contributed by atoms with Crippen molar-refractivity contribution in [2.75, 3.05) is 6.61 Å². The summed E-state index contributed by atoms with van der Waals surface area (Å²) in [5.41, 5.74) is 1.87. The summed E-state index contributed by atoms with van der Waals surface area (Å²) in [4.78, 5) is 17.2. The van der Waals surface area contributed by atoms with Gasteiger partial charge in [0.2, 0.25) is 0 Å². The van der Waals surface area contributed by atoms with Crippen LogP contribution in [0.4, 0.5) is 0 Å². The van der Waals surface area contributed by atoms with E-state index >= 15 is 0 Å². The second-order valence-corrected chi connectivity index (χ2v) is 13.1. The fraction of sp³-hybridized carbons (Fsp3) is 0.750. The monoisotopic (exact) mass is 523 g/mol.